The number of amides is 1. The summed E-state index contributed by atoms with van der Waals surface area (Å²) >= 11 is 0. The lowest BCUT2D eigenvalue weighted by Crippen LogP contribution is -2.43. The van der Waals surface area contributed by atoms with Gasteiger partial charge in [0.05, 0.1) is 24.5 Å². The van der Waals surface area contributed by atoms with Crippen LogP contribution < -0.4 is 9.80 Å². The summed E-state index contributed by atoms with van der Waals surface area (Å²) in [5, 5.41) is 0. The average molecular weight is 415 g/mol. The monoisotopic (exact) mass is 414 g/mol. The summed E-state index contributed by atoms with van der Waals surface area (Å²) in [4.78, 5) is 30.6. The molecule has 0 saturated heterocycles. The van der Waals surface area contributed by atoms with Crippen molar-refractivity contribution in [1.29, 1.82) is 0 Å². The van der Waals surface area contributed by atoms with Gasteiger partial charge in [-0.05, 0) is 36.8 Å². The molecule has 31 heavy (non-hydrogen) atoms. The molecule has 0 saturated carbocycles. The number of nitrogens with zero attached hydrogens (tertiary/aromatic N) is 2. The van der Waals surface area contributed by atoms with E-state index < -0.39 is 6.04 Å². The Labute approximate surface area is 182 Å². The fraction of sp³-hybridized carbons (Fsp3) is 0.231. The first-order valence-electron chi connectivity index (χ1n) is 10.5. The van der Waals surface area contributed by atoms with Crippen molar-refractivity contribution in [2.45, 2.75) is 25.4 Å². The van der Waals surface area contributed by atoms with Crippen LogP contribution in [0.1, 0.15) is 35.3 Å². The number of likely N-dealkylation sites (N-methyl/N-ethyl adjacent to an activating group) is 1. The van der Waals surface area contributed by atoms with Gasteiger partial charge in [0.15, 0.2) is 0 Å². The van der Waals surface area contributed by atoms with Crippen LogP contribution in [-0.4, -0.2) is 31.6 Å². The molecule has 5 heteroatoms. The zero-order valence-corrected chi connectivity index (χ0v) is 17.8. The molecule has 1 heterocycles. The summed E-state index contributed by atoms with van der Waals surface area (Å²) in [5.74, 6) is -0.393. The Balaban J connectivity index is 1.94. The van der Waals surface area contributed by atoms with Gasteiger partial charge in [-0.15, -0.1) is 0 Å². The summed E-state index contributed by atoms with van der Waals surface area (Å²) in [6.07, 6.45) is 0.428. The first kappa shape index (κ1) is 20.7. The van der Waals surface area contributed by atoms with Crippen molar-refractivity contribution in [3.63, 3.8) is 0 Å². The van der Waals surface area contributed by atoms with Crippen molar-refractivity contribution in [2.24, 2.45) is 0 Å². The molecule has 1 aliphatic heterocycles. The van der Waals surface area contributed by atoms with E-state index >= 15 is 0 Å². The lowest BCUT2D eigenvalue weighted by molar-refractivity contribution is -0.142. The third kappa shape index (κ3) is 3.91. The number of rotatable bonds is 4. The van der Waals surface area contributed by atoms with E-state index in [1.807, 2.05) is 102 Å². The first-order chi connectivity index (χ1) is 15.2. The molecule has 0 N–H and O–H groups in total. The lowest BCUT2D eigenvalue weighted by atomic mass is 9.96. The molecular weight excluding hydrogens is 388 g/mol. The Morgan fingerprint density at radius 3 is 2.06 bits per heavy atom. The zero-order chi connectivity index (χ0) is 21.8. The fourth-order valence-corrected chi connectivity index (χ4v) is 4.37. The van der Waals surface area contributed by atoms with Crippen LogP contribution in [0.15, 0.2) is 84.9 Å². The first-order valence-corrected chi connectivity index (χ1v) is 10.5. The summed E-state index contributed by atoms with van der Waals surface area (Å²) in [6.45, 7) is 2.63. The van der Waals surface area contributed by atoms with Gasteiger partial charge < -0.3 is 9.64 Å². The number of fused-ring (bicyclic) bond motifs is 1. The fourth-order valence-electron chi connectivity index (χ4n) is 4.37. The maximum Gasteiger partial charge on any atom is 0.328 e. The van der Waals surface area contributed by atoms with Crippen LogP contribution in [0.5, 0.6) is 0 Å². The molecule has 4 rings (SSSR count). The molecule has 0 radical (unpaired) electrons. The highest BCUT2D eigenvalue weighted by Gasteiger charge is 2.40. The van der Waals surface area contributed by atoms with E-state index in [1.54, 1.807) is 0 Å². The van der Waals surface area contributed by atoms with Crippen LogP contribution in [0.2, 0.25) is 0 Å². The van der Waals surface area contributed by atoms with E-state index in [0.717, 1.165) is 16.9 Å². The number of ether oxygens (including phenoxy) is 1. The van der Waals surface area contributed by atoms with Crippen LogP contribution in [0.3, 0.4) is 0 Å². The van der Waals surface area contributed by atoms with Gasteiger partial charge in [0, 0.05) is 18.5 Å². The van der Waals surface area contributed by atoms with Crippen molar-refractivity contribution in [3.8, 4) is 0 Å². The molecule has 158 valence electrons. The van der Waals surface area contributed by atoms with Gasteiger partial charge in [-0.25, -0.2) is 4.79 Å². The van der Waals surface area contributed by atoms with Crippen molar-refractivity contribution < 1.29 is 14.3 Å². The number of carbonyl (C=O) groups is 2. The number of benzene rings is 3. The third-order valence-electron chi connectivity index (χ3n) is 5.82. The Morgan fingerprint density at radius 2 is 1.45 bits per heavy atom. The van der Waals surface area contributed by atoms with E-state index in [9.17, 15) is 9.59 Å². The molecule has 1 amide bonds. The number of esters is 1. The van der Waals surface area contributed by atoms with Crippen LogP contribution in [0.25, 0.3) is 0 Å². The second-order valence-corrected chi connectivity index (χ2v) is 7.52. The van der Waals surface area contributed by atoms with Gasteiger partial charge in [0.1, 0.15) is 6.04 Å². The summed E-state index contributed by atoms with van der Waals surface area (Å²) in [7, 11) is 1.41. The van der Waals surface area contributed by atoms with Crippen LogP contribution in [0, 0.1) is 0 Å². The molecule has 0 bridgehead atoms. The number of carbonyl (C=O) groups excluding carboxylic acids is 2. The van der Waals surface area contributed by atoms with Gasteiger partial charge in [0.25, 0.3) is 5.91 Å². The van der Waals surface area contributed by atoms with Gasteiger partial charge in [-0.2, -0.15) is 0 Å². The largest absolute Gasteiger partial charge is 0.467 e. The lowest BCUT2D eigenvalue weighted by Gasteiger charge is -2.31. The van der Waals surface area contributed by atoms with Gasteiger partial charge in [-0.1, -0.05) is 60.7 Å². The van der Waals surface area contributed by atoms with Crippen molar-refractivity contribution in [3.05, 3.63) is 96.1 Å². The second kappa shape index (κ2) is 9.04. The minimum absolute atomic E-state index is 0.0940. The predicted octanol–water partition coefficient (Wildman–Crippen LogP) is 4.85. The van der Waals surface area contributed by atoms with Gasteiger partial charge >= 0.3 is 5.97 Å². The normalized spacial score (nSPS) is 18.1. The third-order valence-corrected chi connectivity index (χ3v) is 5.82. The van der Waals surface area contributed by atoms with E-state index in [0.29, 0.717) is 18.5 Å². The molecule has 2 unspecified atom stereocenters. The van der Waals surface area contributed by atoms with Crippen molar-refractivity contribution in [2.75, 3.05) is 23.5 Å². The quantitative estimate of drug-likeness (QED) is 0.573. The summed E-state index contributed by atoms with van der Waals surface area (Å²) < 4.78 is 5.17. The zero-order valence-electron chi connectivity index (χ0n) is 17.8. The van der Waals surface area contributed by atoms with Gasteiger partial charge in [0.2, 0.25) is 0 Å². The smallest absolute Gasteiger partial charge is 0.328 e. The van der Waals surface area contributed by atoms with E-state index in [2.05, 4.69) is 0 Å². The molecule has 0 fully saturated rings. The Kier molecular flexibility index (Phi) is 6.03. The molecule has 1 aliphatic rings. The van der Waals surface area contributed by atoms with Crippen LogP contribution in [0.4, 0.5) is 11.4 Å². The standard InChI is InChI=1S/C26H26N2O3/c1-3-27-21-16-10-11-17-22(21)28(25(29)20-14-8-5-9-15-20)23(18-24(27)26(30)31-2)19-12-6-4-7-13-19/h4-17,23-24H,3,18H2,1-2H3. The number of anilines is 2. The molecular formula is C26H26N2O3. The molecule has 5 nitrogen and oxygen atoms in total. The Bertz CT molecular complexity index is 1050. The van der Waals surface area contributed by atoms with Crippen molar-refractivity contribution >= 4 is 23.3 Å². The number of hydrogen-bond donors (Lipinski definition) is 0. The Hall–Kier alpha value is -3.60. The van der Waals surface area contributed by atoms with E-state index in [-0.39, 0.29) is 17.9 Å². The maximum absolute atomic E-state index is 13.8. The molecule has 3 aromatic rings. The van der Waals surface area contributed by atoms with Gasteiger partial charge in [-0.3, -0.25) is 9.69 Å². The molecule has 3 aromatic carbocycles. The highest BCUT2D eigenvalue weighted by atomic mass is 16.5. The molecule has 0 spiro atoms. The highest BCUT2D eigenvalue weighted by molar-refractivity contribution is 6.09. The van der Waals surface area contributed by atoms with E-state index in [4.69, 9.17) is 4.74 Å². The van der Waals surface area contributed by atoms with E-state index in [1.165, 1.54) is 7.11 Å². The predicted molar refractivity (Wildman–Crippen MR) is 122 cm³/mol. The van der Waals surface area contributed by atoms with Crippen LogP contribution >= 0.6 is 0 Å². The van der Waals surface area contributed by atoms with Crippen molar-refractivity contribution in [1.82, 2.24) is 0 Å². The number of para-hydroxylation sites is 2. The minimum Gasteiger partial charge on any atom is -0.467 e. The SMILES string of the molecule is CCN1c2ccccc2N(C(=O)c2ccccc2)C(c2ccccc2)CC1C(=O)OC. The molecule has 0 aromatic heterocycles. The summed E-state index contributed by atoms with van der Waals surface area (Å²) in [6, 6.07) is 26.1. The number of methoxy groups -OCH3 is 1. The topological polar surface area (TPSA) is 49.9 Å². The Morgan fingerprint density at radius 1 is 0.871 bits per heavy atom. The second-order valence-electron chi connectivity index (χ2n) is 7.52. The minimum atomic E-state index is -0.505. The number of hydrogen-bond acceptors (Lipinski definition) is 4. The average Bonchev–Trinajstić information content (AvgIpc) is 2.98. The molecule has 0 aliphatic carbocycles. The summed E-state index contributed by atoms with van der Waals surface area (Å²) in [5.41, 5.74) is 3.23. The highest BCUT2D eigenvalue weighted by Crippen LogP contribution is 2.43. The van der Waals surface area contributed by atoms with Crippen LogP contribution in [-0.2, 0) is 9.53 Å². The maximum atomic E-state index is 13.8. The molecule has 2 atom stereocenters.